The first-order valence-electron chi connectivity index (χ1n) is 6.26. The Hall–Kier alpha value is -1.47. The van der Waals surface area contributed by atoms with E-state index >= 15 is 0 Å². The van der Waals surface area contributed by atoms with Gasteiger partial charge in [0.2, 0.25) is 11.8 Å². The number of anilines is 1. The molecule has 2 rings (SSSR count). The Labute approximate surface area is 116 Å². The lowest BCUT2D eigenvalue weighted by molar-refractivity contribution is -0.132. The zero-order chi connectivity index (χ0) is 14.0. The van der Waals surface area contributed by atoms with Crippen molar-refractivity contribution in [2.24, 2.45) is 0 Å². The quantitative estimate of drug-likeness (QED) is 0.786. The van der Waals surface area contributed by atoms with Crippen LogP contribution in [0.1, 0.15) is 25.6 Å². The molecule has 19 heavy (non-hydrogen) atoms. The summed E-state index contributed by atoms with van der Waals surface area (Å²) in [7, 11) is 0. The molecule has 0 saturated carbocycles. The fraction of sp³-hybridized carbons (Fsp3) is 0.583. The van der Waals surface area contributed by atoms with Crippen LogP contribution < -0.4 is 15.5 Å². The van der Waals surface area contributed by atoms with E-state index in [-0.39, 0.29) is 24.4 Å². The SMILES string of the molecule is CC(C)NCc1cnc(N2CC(=O)NC(=O)C2C)s1. The number of nitrogens with one attached hydrogen (secondary N) is 2. The molecule has 1 aliphatic rings. The van der Waals surface area contributed by atoms with E-state index in [2.05, 4.69) is 29.5 Å². The Balaban J connectivity index is 2.08. The van der Waals surface area contributed by atoms with Gasteiger partial charge in [0.25, 0.3) is 0 Å². The Morgan fingerprint density at radius 2 is 2.32 bits per heavy atom. The maximum absolute atomic E-state index is 11.6. The van der Waals surface area contributed by atoms with Crippen molar-refractivity contribution in [2.75, 3.05) is 11.4 Å². The molecule has 0 spiro atoms. The van der Waals surface area contributed by atoms with E-state index in [1.165, 1.54) is 11.3 Å². The molecule has 2 heterocycles. The highest BCUT2D eigenvalue weighted by Crippen LogP contribution is 2.25. The predicted octanol–water partition coefficient (Wildman–Crippen LogP) is 0.492. The summed E-state index contributed by atoms with van der Waals surface area (Å²) in [5.74, 6) is -0.548. The molecule has 0 aliphatic carbocycles. The molecule has 1 fully saturated rings. The van der Waals surface area contributed by atoms with Gasteiger partial charge >= 0.3 is 0 Å². The minimum absolute atomic E-state index is 0.178. The largest absolute Gasteiger partial charge is 0.327 e. The summed E-state index contributed by atoms with van der Waals surface area (Å²) in [6.45, 7) is 6.86. The molecule has 2 N–H and O–H groups in total. The first-order valence-corrected chi connectivity index (χ1v) is 7.07. The number of amides is 2. The van der Waals surface area contributed by atoms with E-state index in [1.54, 1.807) is 18.0 Å². The second kappa shape index (κ2) is 5.66. The van der Waals surface area contributed by atoms with Crippen LogP contribution in [0.4, 0.5) is 5.13 Å². The lowest BCUT2D eigenvalue weighted by Crippen LogP contribution is -2.57. The van der Waals surface area contributed by atoms with Crippen LogP contribution in [0.5, 0.6) is 0 Å². The molecule has 1 atom stereocenters. The number of thiazole rings is 1. The van der Waals surface area contributed by atoms with Crippen LogP contribution in [0.25, 0.3) is 0 Å². The van der Waals surface area contributed by atoms with Gasteiger partial charge in [-0.1, -0.05) is 13.8 Å². The molecule has 7 heteroatoms. The Morgan fingerprint density at radius 1 is 1.58 bits per heavy atom. The second-order valence-electron chi connectivity index (χ2n) is 4.86. The monoisotopic (exact) mass is 282 g/mol. The van der Waals surface area contributed by atoms with Crippen LogP contribution in [0.15, 0.2) is 6.20 Å². The highest BCUT2D eigenvalue weighted by Gasteiger charge is 2.31. The van der Waals surface area contributed by atoms with Crippen molar-refractivity contribution in [3.63, 3.8) is 0 Å². The van der Waals surface area contributed by atoms with Crippen molar-refractivity contribution >= 4 is 28.3 Å². The lowest BCUT2D eigenvalue weighted by Gasteiger charge is -2.31. The van der Waals surface area contributed by atoms with Crippen LogP contribution in [0, 0.1) is 0 Å². The molecular weight excluding hydrogens is 264 g/mol. The topological polar surface area (TPSA) is 74.3 Å². The van der Waals surface area contributed by atoms with Gasteiger partial charge < -0.3 is 10.2 Å². The average molecular weight is 282 g/mol. The number of aromatic nitrogens is 1. The van der Waals surface area contributed by atoms with Gasteiger partial charge in [0.15, 0.2) is 5.13 Å². The maximum Gasteiger partial charge on any atom is 0.249 e. The van der Waals surface area contributed by atoms with Crippen molar-refractivity contribution in [2.45, 2.75) is 39.4 Å². The highest BCUT2D eigenvalue weighted by molar-refractivity contribution is 7.15. The Bertz CT molecular complexity index is 486. The summed E-state index contributed by atoms with van der Waals surface area (Å²) in [6, 6.07) is 0.0431. The molecule has 1 aromatic rings. The van der Waals surface area contributed by atoms with E-state index in [0.717, 1.165) is 16.6 Å². The number of nitrogens with zero attached hydrogens (tertiary/aromatic N) is 2. The third-order valence-corrected chi connectivity index (χ3v) is 3.93. The van der Waals surface area contributed by atoms with Crippen LogP contribution in [-0.2, 0) is 16.1 Å². The number of piperazine rings is 1. The van der Waals surface area contributed by atoms with E-state index in [0.29, 0.717) is 6.04 Å². The van der Waals surface area contributed by atoms with E-state index < -0.39 is 0 Å². The average Bonchev–Trinajstić information content (AvgIpc) is 2.79. The number of rotatable bonds is 4. The van der Waals surface area contributed by atoms with Crippen molar-refractivity contribution in [3.05, 3.63) is 11.1 Å². The van der Waals surface area contributed by atoms with Gasteiger partial charge in [-0.15, -0.1) is 11.3 Å². The molecule has 2 amide bonds. The fourth-order valence-corrected chi connectivity index (χ4v) is 2.71. The van der Waals surface area contributed by atoms with Crippen molar-refractivity contribution < 1.29 is 9.59 Å². The van der Waals surface area contributed by atoms with Gasteiger partial charge in [-0.3, -0.25) is 14.9 Å². The van der Waals surface area contributed by atoms with Gasteiger partial charge in [-0.25, -0.2) is 4.98 Å². The summed E-state index contributed by atoms with van der Waals surface area (Å²) in [4.78, 5) is 30.2. The van der Waals surface area contributed by atoms with Gasteiger partial charge in [0, 0.05) is 23.7 Å². The molecule has 0 radical (unpaired) electrons. The molecular formula is C12H18N4O2S. The molecule has 6 nitrogen and oxygen atoms in total. The standard InChI is InChI=1S/C12H18N4O2S/c1-7(2)13-4-9-5-14-12(19-9)16-6-10(17)15-11(18)8(16)3/h5,7-8,13H,4,6H2,1-3H3,(H,15,17,18). The van der Waals surface area contributed by atoms with Crippen molar-refractivity contribution in [3.8, 4) is 0 Å². The number of hydrogen-bond acceptors (Lipinski definition) is 6. The molecule has 1 aromatic heterocycles. The van der Waals surface area contributed by atoms with Crippen LogP contribution >= 0.6 is 11.3 Å². The van der Waals surface area contributed by atoms with Crippen LogP contribution in [0.3, 0.4) is 0 Å². The number of imide groups is 1. The molecule has 0 aromatic carbocycles. The van der Waals surface area contributed by atoms with Crippen LogP contribution in [-0.4, -0.2) is 35.4 Å². The zero-order valence-corrected chi connectivity index (χ0v) is 12.1. The highest BCUT2D eigenvalue weighted by atomic mass is 32.1. The Kier molecular flexibility index (Phi) is 4.16. The smallest absolute Gasteiger partial charge is 0.249 e. The summed E-state index contributed by atoms with van der Waals surface area (Å²) in [5, 5.41) is 6.35. The molecule has 1 unspecified atom stereocenters. The minimum Gasteiger partial charge on any atom is -0.327 e. The summed E-state index contributed by atoms with van der Waals surface area (Å²) < 4.78 is 0. The lowest BCUT2D eigenvalue weighted by atomic mass is 10.2. The van der Waals surface area contributed by atoms with Gasteiger partial charge in [-0.2, -0.15) is 0 Å². The number of hydrogen-bond donors (Lipinski definition) is 2. The predicted molar refractivity (Wildman–Crippen MR) is 74.0 cm³/mol. The van der Waals surface area contributed by atoms with Crippen molar-refractivity contribution in [1.29, 1.82) is 0 Å². The third kappa shape index (κ3) is 3.30. The minimum atomic E-state index is -0.366. The number of carbonyl (C=O) groups is 2. The van der Waals surface area contributed by atoms with Gasteiger partial charge in [0.05, 0.1) is 0 Å². The number of carbonyl (C=O) groups excluding carboxylic acids is 2. The second-order valence-corrected chi connectivity index (χ2v) is 5.95. The van der Waals surface area contributed by atoms with Crippen LogP contribution in [0.2, 0.25) is 0 Å². The maximum atomic E-state index is 11.6. The molecule has 0 bridgehead atoms. The first-order chi connectivity index (χ1) is 8.97. The van der Waals surface area contributed by atoms with Gasteiger partial charge in [0.1, 0.15) is 12.6 Å². The summed E-state index contributed by atoms with van der Waals surface area (Å²) in [6.07, 6.45) is 1.79. The zero-order valence-electron chi connectivity index (χ0n) is 11.3. The first kappa shape index (κ1) is 14.0. The third-order valence-electron chi connectivity index (χ3n) is 2.90. The molecule has 1 aliphatic heterocycles. The van der Waals surface area contributed by atoms with E-state index in [1.807, 2.05) is 0 Å². The molecule has 1 saturated heterocycles. The summed E-state index contributed by atoms with van der Waals surface area (Å²) >= 11 is 1.51. The molecule has 104 valence electrons. The van der Waals surface area contributed by atoms with Crippen molar-refractivity contribution in [1.82, 2.24) is 15.6 Å². The summed E-state index contributed by atoms with van der Waals surface area (Å²) in [5.41, 5.74) is 0. The normalized spacial score (nSPS) is 20.0. The van der Waals surface area contributed by atoms with E-state index in [9.17, 15) is 9.59 Å². The van der Waals surface area contributed by atoms with Gasteiger partial charge in [-0.05, 0) is 6.92 Å². The fourth-order valence-electron chi connectivity index (χ4n) is 1.76. The Morgan fingerprint density at radius 3 is 3.00 bits per heavy atom. The van der Waals surface area contributed by atoms with E-state index in [4.69, 9.17) is 0 Å².